The van der Waals surface area contributed by atoms with Gasteiger partial charge in [-0.25, -0.2) is 0 Å². The average Bonchev–Trinajstić information content (AvgIpc) is 3.10. The molecule has 0 saturated carbocycles. The molecule has 122 valence electrons. The van der Waals surface area contributed by atoms with Crippen molar-refractivity contribution >= 4 is 5.91 Å². The predicted molar refractivity (Wildman–Crippen MR) is 89.8 cm³/mol. The monoisotopic (exact) mass is 312 g/mol. The zero-order valence-corrected chi connectivity index (χ0v) is 13.5. The fourth-order valence-electron chi connectivity index (χ4n) is 2.97. The van der Waals surface area contributed by atoms with Crippen molar-refractivity contribution < 1.29 is 4.79 Å². The first-order valence-corrected chi connectivity index (χ1v) is 8.32. The first-order valence-electron chi connectivity index (χ1n) is 8.32. The van der Waals surface area contributed by atoms with Gasteiger partial charge in [-0.2, -0.15) is 0 Å². The van der Waals surface area contributed by atoms with Crippen LogP contribution < -0.4 is 0 Å². The van der Waals surface area contributed by atoms with Gasteiger partial charge in [0.15, 0.2) is 0 Å². The van der Waals surface area contributed by atoms with E-state index in [4.69, 9.17) is 0 Å². The van der Waals surface area contributed by atoms with E-state index in [0.717, 1.165) is 51.4 Å². The highest BCUT2D eigenvalue weighted by atomic mass is 16.2. The van der Waals surface area contributed by atoms with Gasteiger partial charge in [-0.1, -0.05) is 6.07 Å². The summed E-state index contributed by atoms with van der Waals surface area (Å²) < 4.78 is 2.12. The molecule has 0 N–H and O–H groups in total. The van der Waals surface area contributed by atoms with E-state index < -0.39 is 0 Å². The molecule has 23 heavy (non-hydrogen) atoms. The van der Waals surface area contributed by atoms with Crippen molar-refractivity contribution in [1.29, 1.82) is 0 Å². The maximum Gasteiger partial charge on any atom is 0.222 e. The second-order valence-electron chi connectivity index (χ2n) is 6.00. The lowest BCUT2D eigenvalue weighted by molar-refractivity contribution is -0.133. The SMILES string of the molecule is O=C(CCCn1cccc1)N1CCN(Cc2ccccn2)CC1. The Bertz CT molecular complexity index is 589. The molecule has 0 bridgehead atoms. The normalized spacial score (nSPS) is 15.7. The standard InChI is InChI=1S/C18H24N4O/c23-18(7-5-11-20-9-3-4-10-20)22-14-12-21(13-15-22)16-17-6-1-2-8-19-17/h1-4,6,8-10H,5,7,11-16H2. The van der Waals surface area contributed by atoms with Crippen LogP contribution in [-0.2, 0) is 17.9 Å². The van der Waals surface area contributed by atoms with Gasteiger partial charge in [-0.15, -0.1) is 0 Å². The summed E-state index contributed by atoms with van der Waals surface area (Å²) in [6.45, 7) is 5.30. The van der Waals surface area contributed by atoms with Crippen molar-refractivity contribution in [2.24, 2.45) is 0 Å². The van der Waals surface area contributed by atoms with Gasteiger partial charge >= 0.3 is 0 Å². The average molecular weight is 312 g/mol. The Kier molecular flexibility index (Phi) is 5.42. The molecule has 0 aromatic carbocycles. The molecule has 5 heteroatoms. The van der Waals surface area contributed by atoms with Crippen LogP contribution in [0.4, 0.5) is 0 Å². The molecule has 0 spiro atoms. The van der Waals surface area contributed by atoms with Gasteiger partial charge in [0.2, 0.25) is 5.91 Å². The Morgan fingerprint density at radius 2 is 1.83 bits per heavy atom. The van der Waals surface area contributed by atoms with Crippen LogP contribution in [0.25, 0.3) is 0 Å². The lowest BCUT2D eigenvalue weighted by atomic mass is 10.2. The number of carbonyl (C=O) groups is 1. The second kappa shape index (κ2) is 7.92. The summed E-state index contributed by atoms with van der Waals surface area (Å²) in [5.74, 6) is 0.287. The Morgan fingerprint density at radius 1 is 1.04 bits per heavy atom. The number of piperazine rings is 1. The van der Waals surface area contributed by atoms with Gasteiger partial charge < -0.3 is 9.47 Å². The number of pyridine rings is 1. The predicted octanol–water partition coefficient (Wildman–Crippen LogP) is 2.01. The maximum atomic E-state index is 12.3. The van der Waals surface area contributed by atoms with Crippen molar-refractivity contribution in [3.63, 3.8) is 0 Å². The fourth-order valence-corrected chi connectivity index (χ4v) is 2.97. The number of hydrogen-bond acceptors (Lipinski definition) is 3. The van der Waals surface area contributed by atoms with E-state index in [1.165, 1.54) is 0 Å². The smallest absolute Gasteiger partial charge is 0.222 e. The van der Waals surface area contributed by atoms with Crippen molar-refractivity contribution in [3.05, 3.63) is 54.6 Å². The molecule has 1 amide bonds. The Morgan fingerprint density at radius 3 is 2.52 bits per heavy atom. The molecular formula is C18H24N4O. The molecule has 1 aliphatic rings. The number of amides is 1. The minimum absolute atomic E-state index is 0.287. The van der Waals surface area contributed by atoms with Crippen LogP contribution >= 0.6 is 0 Å². The van der Waals surface area contributed by atoms with Crippen LogP contribution in [-0.4, -0.2) is 51.4 Å². The summed E-state index contributed by atoms with van der Waals surface area (Å²) in [4.78, 5) is 21.0. The summed E-state index contributed by atoms with van der Waals surface area (Å²) in [7, 11) is 0. The number of aryl methyl sites for hydroxylation is 1. The quantitative estimate of drug-likeness (QED) is 0.819. The van der Waals surface area contributed by atoms with Crippen LogP contribution in [0.3, 0.4) is 0 Å². The number of carbonyl (C=O) groups excluding carboxylic acids is 1. The summed E-state index contributed by atoms with van der Waals surface area (Å²) in [5, 5.41) is 0. The van der Waals surface area contributed by atoms with Crippen molar-refractivity contribution in [2.75, 3.05) is 26.2 Å². The van der Waals surface area contributed by atoms with E-state index in [9.17, 15) is 4.79 Å². The summed E-state index contributed by atoms with van der Waals surface area (Å²) >= 11 is 0. The van der Waals surface area contributed by atoms with Gasteiger partial charge in [0.1, 0.15) is 0 Å². The van der Waals surface area contributed by atoms with Crippen molar-refractivity contribution in [3.8, 4) is 0 Å². The Hall–Kier alpha value is -2.14. The van der Waals surface area contributed by atoms with Gasteiger partial charge in [-0.05, 0) is 30.7 Å². The third-order valence-corrected chi connectivity index (χ3v) is 4.31. The first-order chi connectivity index (χ1) is 11.3. The largest absolute Gasteiger partial charge is 0.354 e. The summed E-state index contributed by atoms with van der Waals surface area (Å²) in [5.41, 5.74) is 1.10. The number of rotatable bonds is 6. The van der Waals surface area contributed by atoms with Crippen LogP contribution in [0, 0.1) is 0 Å². The van der Waals surface area contributed by atoms with Crippen LogP contribution in [0.15, 0.2) is 48.9 Å². The molecule has 1 aliphatic heterocycles. The molecule has 0 radical (unpaired) electrons. The minimum atomic E-state index is 0.287. The van der Waals surface area contributed by atoms with Crippen molar-refractivity contribution in [1.82, 2.24) is 19.4 Å². The number of nitrogens with zero attached hydrogens (tertiary/aromatic N) is 4. The lowest BCUT2D eigenvalue weighted by Gasteiger charge is -2.34. The fraction of sp³-hybridized carbons (Fsp3) is 0.444. The summed E-state index contributed by atoms with van der Waals surface area (Å²) in [6, 6.07) is 10.0. The third-order valence-electron chi connectivity index (χ3n) is 4.31. The van der Waals surface area contributed by atoms with Gasteiger partial charge in [0, 0.05) is 64.3 Å². The van der Waals surface area contributed by atoms with Crippen LogP contribution in [0.2, 0.25) is 0 Å². The highest BCUT2D eigenvalue weighted by Crippen LogP contribution is 2.09. The highest BCUT2D eigenvalue weighted by molar-refractivity contribution is 5.76. The maximum absolute atomic E-state index is 12.3. The molecule has 1 saturated heterocycles. The first kappa shape index (κ1) is 15.7. The topological polar surface area (TPSA) is 41.4 Å². The summed E-state index contributed by atoms with van der Waals surface area (Å²) in [6.07, 6.45) is 7.46. The molecule has 0 aliphatic carbocycles. The third kappa shape index (κ3) is 4.66. The van der Waals surface area contributed by atoms with E-state index in [1.807, 2.05) is 47.8 Å². The van der Waals surface area contributed by atoms with Crippen LogP contribution in [0.1, 0.15) is 18.5 Å². The molecule has 0 atom stereocenters. The molecule has 3 heterocycles. The van der Waals surface area contributed by atoms with E-state index in [0.29, 0.717) is 6.42 Å². The minimum Gasteiger partial charge on any atom is -0.354 e. The zero-order valence-electron chi connectivity index (χ0n) is 13.5. The molecule has 2 aromatic heterocycles. The highest BCUT2D eigenvalue weighted by Gasteiger charge is 2.20. The second-order valence-corrected chi connectivity index (χ2v) is 6.00. The molecule has 3 rings (SSSR count). The molecule has 2 aromatic rings. The number of aromatic nitrogens is 2. The molecular weight excluding hydrogens is 288 g/mol. The Labute approximate surface area is 137 Å². The molecule has 5 nitrogen and oxygen atoms in total. The van der Waals surface area contributed by atoms with Crippen molar-refractivity contribution in [2.45, 2.75) is 25.9 Å². The van der Waals surface area contributed by atoms with E-state index in [1.54, 1.807) is 0 Å². The van der Waals surface area contributed by atoms with E-state index >= 15 is 0 Å². The molecule has 1 fully saturated rings. The van der Waals surface area contributed by atoms with Gasteiger partial charge in [0.25, 0.3) is 0 Å². The number of hydrogen-bond donors (Lipinski definition) is 0. The molecule has 0 unspecified atom stereocenters. The van der Waals surface area contributed by atoms with E-state index in [2.05, 4.69) is 20.5 Å². The van der Waals surface area contributed by atoms with Crippen LogP contribution in [0.5, 0.6) is 0 Å². The van der Waals surface area contributed by atoms with Gasteiger partial charge in [-0.3, -0.25) is 14.7 Å². The van der Waals surface area contributed by atoms with E-state index in [-0.39, 0.29) is 5.91 Å². The lowest BCUT2D eigenvalue weighted by Crippen LogP contribution is -2.48. The zero-order chi connectivity index (χ0) is 15.9. The Balaban J connectivity index is 1.37. The van der Waals surface area contributed by atoms with Gasteiger partial charge in [0.05, 0.1) is 5.69 Å².